The lowest BCUT2D eigenvalue weighted by Gasteiger charge is -2.35. The first-order valence-electron chi connectivity index (χ1n) is 11.9. The number of aryl methyl sites for hydroxylation is 1. The van der Waals surface area contributed by atoms with Gasteiger partial charge in [0.2, 0.25) is 12.7 Å². The fourth-order valence-corrected chi connectivity index (χ4v) is 4.22. The Morgan fingerprint density at radius 1 is 1.06 bits per heavy atom. The van der Waals surface area contributed by atoms with Gasteiger partial charge in [-0.15, -0.1) is 0 Å². The maximum atomic E-state index is 12.9. The summed E-state index contributed by atoms with van der Waals surface area (Å²) in [7, 11) is 0. The molecule has 0 bridgehead atoms. The number of hydrogen-bond acceptors (Lipinski definition) is 7. The number of fused-ring (bicyclic) bond motifs is 1. The van der Waals surface area contributed by atoms with E-state index in [1.54, 1.807) is 11.1 Å². The molecule has 1 fully saturated rings. The lowest BCUT2D eigenvalue weighted by molar-refractivity contribution is -0.133. The van der Waals surface area contributed by atoms with Crippen LogP contribution in [0.5, 0.6) is 11.5 Å². The molecular formula is C25H33N5O4. The molecule has 0 radical (unpaired) electrons. The molecule has 9 nitrogen and oxygen atoms in total. The summed E-state index contributed by atoms with van der Waals surface area (Å²) < 4.78 is 10.8. The van der Waals surface area contributed by atoms with Crippen molar-refractivity contribution in [2.45, 2.75) is 33.7 Å². The number of aromatic nitrogens is 2. The van der Waals surface area contributed by atoms with Crippen molar-refractivity contribution in [3.05, 3.63) is 47.5 Å². The standard InChI is InChI=1S/C25H33N5O4/c1-18(2)15-30(25(32)21-14-26-19(3)13-27-21)7-6-24(31)29-10-8-28(9-11-29)16-20-4-5-22-23(12-20)34-17-33-22/h4-5,12-14,18H,6-11,15-17H2,1-3H3. The van der Waals surface area contributed by atoms with E-state index in [2.05, 4.69) is 34.8 Å². The molecule has 2 aliphatic heterocycles. The van der Waals surface area contributed by atoms with Crippen LogP contribution in [-0.4, -0.2) is 82.5 Å². The molecule has 2 aromatic rings. The molecule has 0 unspecified atom stereocenters. The quantitative estimate of drug-likeness (QED) is 0.589. The van der Waals surface area contributed by atoms with E-state index in [-0.39, 0.29) is 24.5 Å². The van der Waals surface area contributed by atoms with Gasteiger partial charge in [0.25, 0.3) is 5.91 Å². The van der Waals surface area contributed by atoms with Gasteiger partial charge < -0.3 is 19.3 Å². The molecule has 1 aromatic heterocycles. The average molecular weight is 468 g/mol. The molecule has 9 heteroatoms. The van der Waals surface area contributed by atoms with Crippen molar-refractivity contribution in [3.8, 4) is 11.5 Å². The zero-order valence-corrected chi connectivity index (χ0v) is 20.2. The minimum Gasteiger partial charge on any atom is -0.454 e. The highest BCUT2D eigenvalue weighted by atomic mass is 16.7. The van der Waals surface area contributed by atoms with Gasteiger partial charge in [0.15, 0.2) is 11.5 Å². The Morgan fingerprint density at radius 2 is 1.82 bits per heavy atom. The first-order valence-corrected chi connectivity index (χ1v) is 11.9. The van der Waals surface area contributed by atoms with Crippen molar-refractivity contribution in [1.82, 2.24) is 24.7 Å². The Balaban J connectivity index is 1.26. The maximum absolute atomic E-state index is 12.9. The Labute approximate surface area is 200 Å². The molecule has 0 N–H and O–H groups in total. The fourth-order valence-electron chi connectivity index (χ4n) is 4.22. The second-order valence-electron chi connectivity index (χ2n) is 9.28. The van der Waals surface area contributed by atoms with E-state index in [9.17, 15) is 9.59 Å². The summed E-state index contributed by atoms with van der Waals surface area (Å²) in [6.45, 7) is 11.0. The number of piperazine rings is 1. The van der Waals surface area contributed by atoms with Crippen LogP contribution in [0.1, 0.15) is 42.0 Å². The molecule has 182 valence electrons. The third kappa shape index (κ3) is 6.02. The summed E-state index contributed by atoms with van der Waals surface area (Å²) in [5.74, 6) is 1.78. The molecule has 2 amide bonds. The molecule has 3 heterocycles. The van der Waals surface area contributed by atoms with Crippen LogP contribution >= 0.6 is 0 Å². The minimum absolute atomic E-state index is 0.0827. The van der Waals surface area contributed by atoms with Gasteiger partial charge >= 0.3 is 0 Å². The molecule has 4 rings (SSSR count). The van der Waals surface area contributed by atoms with Gasteiger partial charge in [-0.1, -0.05) is 19.9 Å². The summed E-state index contributed by atoms with van der Waals surface area (Å²) in [6, 6.07) is 6.03. The highest BCUT2D eigenvalue weighted by molar-refractivity contribution is 5.92. The Bertz CT molecular complexity index is 1000. The molecular weight excluding hydrogens is 434 g/mol. The molecule has 1 saturated heterocycles. The molecule has 0 spiro atoms. The number of nitrogens with zero attached hydrogens (tertiary/aromatic N) is 5. The van der Waals surface area contributed by atoms with Gasteiger partial charge in [0.05, 0.1) is 11.9 Å². The van der Waals surface area contributed by atoms with E-state index >= 15 is 0 Å². The van der Waals surface area contributed by atoms with Crippen molar-refractivity contribution in [2.24, 2.45) is 5.92 Å². The second kappa shape index (κ2) is 10.8. The highest BCUT2D eigenvalue weighted by Crippen LogP contribution is 2.32. The number of rotatable bonds is 8. The van der Waals surface area contributed by atoms with Crippen molar-refractivity contribution in [3.63, 3.8) is 0 Å². The van der Waals surface area contributed by atoms with Crippen molar-refractivity contribution >= 4 is 11.8 Å². The largest absolute Gasteiger partial charge is 0.454 e. The van der Waals surface area contributed by atoms with Gasteiger partial charge in [0, 0.05) is 58.4 Å². The molecule has 0 saturated carbocycles. The summed E-state index contributed by atoms with van der Waals surface area (Å²) in [6.07, 6.45) is 3.40. The molecule has 34 heavy (non-hydrogen) atoms. The van der Waals surface area contributed by atoms with Crippen molar-refractivity contribution < 1.29 is 19.1 Å². The number of ether oxygens (including phenoxy) is 2. The second-order valence-corrected chi connectivity index (χ2v) is 9.28. The van der Waals surface area contributed by atoms with Crippen LogP contribution in [0.2, 0.25) is 0 Å². The predicted octanol–water partition coefficient (Wildman–Crippen LogP) is 2.35. The number of carbonyl (C=O) groups is 2. The molecule has 0 aliphatic carbocycles. The smallest absolute Gasteiger partial charge is 0.274 e. The van der Waals surface area contributed by atoms with E-state index in [1.165, 1.54) is 11.8 Å². The Morgan fingerprint density at radius 3 is 2.53 bits per heavy atom. The summed E-state index contributed by atoms with van der Waals surface area (Å²) in [5.41, 5.74) is 2.25. The van der Waals surface area contributed by atoms with Crippen LogP contribution in [0.15, 0.2) is 30.6 Å². The van der Waals surface area contributed by atoms with Crippen LogP contribution in [-0.2, 0) is 11.3 Å². The van der Waals surface area contributed by atoms with Gasteiger partial charge in [0.1, 0.15) is 5.69 Å². The van der Waals surface area contributed by atoms with Crippen LogP contribution in [0, 0.1) is 12.8 Å². The first-order chi connectivity index (χ1) is 16.4. The van der Waals surface area contributed by atoms with E-state index in [0.717, 1.165) is 36.8 Å². The lowest BCUT2D eigenvalue weighted by atomic mass is 10.1. The van der Waals surface area contributed by atoms with Crippen LogP contribution in [0.25, 0.3) is 0 Å². The normalized spacial score (nSPS) is 15.6. The van der Waals surface area contributed by atoms with Crippen LogP contribution in [0.4, 0.5) is 0 Å². The van der Waals surface area contributed by atoms with Gasteiger partial charge in [-0.3, -0.25) is 19.5 Å². The topological polar surface area (TPSA) is 88.1 Å². The van der Waals surface area contributed by atoms with Gasteiger partial charge in [-0.2, -0.15) is 0 Å². The fraction of sp³-hybridized carbons (Fsp3) is 0.520. The van der Waals surface area contributed by atoms with Crippen LogP contribution in [0.3, 0.4) is 0 Å². The van der Waals surface area contributed by atoms with E-state index in [4.69, 9.17) is 9.47 Å². The monoisotopic (exact) mass is 467 g/mol. The zero-order valence-electron chi connectivity index (χ0n) is 20.2. The number of hydrogen-bond donors (Lipinski definition) is 0. The number of benzene rings is 1. The van der Waals surface area contributed by atoms with Crippen molar-refractivity contribution in [2.75, 3.05) is 46.1 Å². The molecule has 0 atom stereocenters. The Kier molecular flexibility index (Phi) is 7.62. The zero-order chi connectivity index (χ0) is 24.1. The van der Waals surface area contributed by atoms with Gasteiger partial charge in [-0.25, -0.2) is 4.98 Å². The number of amides is 2. The summed E-state index contributed by atoms with van der Waals surface area (Å²) >= 11 is 0. The van der Waals surface area contributed by atoms with E-state index < -0.39 is 0 Å². The first kappa shape index (κ1) is 23.9. The lowest BCUT2D eigenvalue weighted by Crippen LogP contribution is -2.49. The summed E-state index contributed by atoms with van der Waals surface area (Å²) in [5, 5.41) is 0. The van der Waals surface area contributed by atoms with E-state index in [0.29, 0.717) is 38.3 Å². The van der Waals surface area contributed by atoms with E-state index in [1.807, 2.05) is 24.0 Å². The van der Waals surface area contributed by atoms with Gasteiger partial charge in [-0.05, 0) is 30.5 Å². The molecule has 1 aromatic carbocycles. The summed E-state index contributed by atoms with van der Waals surface area (Å²) in [4.78, 5) is 40.2. The average Bonchev–Trinajstić information content (AvgIpc) is 3.30. The van der Waals surface area contributed by atoms with Crippen LogP contribution < -0.4 is 9.47 Å². The third-order valence-corrected chi connectivity index (χ3v) is 6.04. The maximum Gasteiger partial charge on any atom is 0.274 e. The number of carbonyl (C=O) groups excluding carboxylic acids is 2. The predicted molar refractivity (Wildman–Crippen MR) is 127 cm³/mol. The molecule has 2 aliphatic rings. The minimum atomic E-state index is -0.178. The third-order valence-electron chi connectivity index (χ3n) is 6.04. The van der Waals surface area contributed by atoms with Crippen molar-refractivity contribution in [1.29, 1.82) is 0 Å². The Hall–Kier alpha value is -3.20. The SMILES string of the molecule is Cc1cnc(C(=O)N(CCC(=O)N2CCN(Cc3ccc4c(c3)OCO4)CC2)CC(C)C)cn1. The highest BCUT2D eigenvalue weighted by Gasteiger charge is 2.24.